The third kappa shape index (κ3) is 3.32. The van der Waals surface area contributed by atoms with Crippen LogP contribution in [0.25, 0.3) is 0 Å². The van der Waals surface area contributed by atoms with Gasteiger partial charge in [0.2, 0.25) is 5.91 Å². The fraction of sp³-hybridized carbons (Fsp3) is 0.583. The summed E-state index contributed by atoms with van der Waals surface area (Å²) in [7, 11) is 0. The zero-order chi connectivity index (χ0) is 12.4. The van der Waals surface area contributed by atoms with Gasteiger partial charge in [0.15, 0.2) is 0 Å². The highest BCUT2D eigenvalue weighted by molar-refractivity contribution is 7.10. The molecule has 0 aliphatic carbocycles. The van der Waals surface area contributed by atoms with Crippen LogP contribution in [0.5, 0.6) is 0 Å². The van der Waals surface area contributed by atoms with Crippen LogP contribution in [0.4, 0.5) is 0 Å². The van der Waals surface area contributed by atoms with Gasteiger partial charge in [-0.25, -0.2) is 0 Å². The number of nitrogens with one attached hydrogen (secondary N) is 1. The second-order valence-electron chi connectivity index (χ2n) is 5.27. The Labute approximate surface area is 101 Å². The van der Waals surface area contributed by atoms with Crippen LogP contribution in [0.1, 0.15) is 32.6 Å². The standard InChI is InChI=1S/C12H20N2OS/c1-11(2,9-6-5-7-16-9)8-14-10(15)12(3,4)13/h5-7H,8,13H2,1-4H3,(H,14,15). The Hall–Kier alpha value is -0.870. The lowest BCUT2D eigenvalue weighted by Gasteiger charge is -2.26. The van der Waals surface area contributed by atoms with Gasteiger partial charge in [-0.3, -0.25) is 4.79 Å². The molecule has 1 rings (SSSR count). The topological polar surface area (TPSA) is 55.1 Å². The number of hydrogen-bond acceptors (Lipinski definition) is 3. The first-order valence-electron chi connectivity index (χ1n) is 5.35. The minimum atomic E-state index is -0.814. The second-order valence-corrected chi connectivity index (χ2v) is 6.21. The number of thiophene rings is 1. The predicted octanol–water partition coefficient (Wildman–Crippen LogP) is 1.88. The maximum atomic E-state index is 11.6. The maximum Gasteiger partial charge on any atom is 0.239 e. The van der Waals surface area contributed by atoms with Gasteiger partial charge in [-0.15, -0.1) is 11.3 Å². The van der Waals surface area contributed by atoms with Gasteiger partial charge in [0.05, 0.1) is 5.54 Å². The van der Waals surface area contributed by atoms with E-state index < -0.39 is 5.54 Å². The van der Waals surface area contributed by atoms with E-state index in [1.165, 1.54) is 4.88 Å². The number of hydrogen-bond donors (Lipinski definition) is 2. The summed E-state index contributed by atoms with van der Waals surface area (Å²) in [4.78, 5) is 12.9. The monoisotopic (exact) mass is 240 g/mol. The van der Waals surface area contributed by atoms with E-state index in [0.717, 1.165) is 0 Å². The van der Waals surface area contributed by atoms with Gasteiger partial charge >= 0.3 is 0 Å². The fourth-order valence-electron chi connectivity index (χ4n) is 1.28. The first-order chi connectivity index (χ1) is 7.23. The molecule has 3 N–H and O–H groups in total. The van der Waals surface area contributed by atoms with Crippen LogP contribution in [-0.4, -0.2) is 18.0 Å². The van der Waals surface area contributed by atoms with E-state index in [4.69, 9.17) is 5.73 Å². The molecule has 0 atom stereocenters. The minimum Gasteiger partial charge on any atom is -0.354 e. The van der Waals surface area contributed by atoms with Crippen molar-refractivity contribution in [3.8, 4) is 0 Å². The predicted molar refractivity (Wildman–Crippen MR) is 68.6 cm³/mol. The maximum absolute atomic E-state index is 11.6. The summed E-state index contributed by atoms with van der Waals surface area (Å²) in [5.41, 5.74) is 4.86. The van der Waals surface area contributed by atoms with Crippen molar-refractivity contribution in [3.05, 3.63) is 22.4 Å². The molecule has 3 nitrogen and oxygen atoms in total. The molecule has 0 saturated heterocycles. The molecule has 1 aromatic heterocycles. The number of carbonyl (C=O) groups excluding carboxylic acids is 1. The lowest BCUT2D eigenvalue weighted by molar-refractivity contribution is -0.125. The highest BCUT2D eigenvalue weighted by Crippen LogP contribution is 2.26. The van der Waals surface area contributed by atoms with Crippen LogP contribution in [0, 0.1) is 0 Å². The summed E-state index contributed by atoms with van der Waals surface area (Å²) in [6, 6.07) is 4.11. The van der Waals surface area contributed by atoms with E-state index in [-0.39, 0.29) is 11.3 Å². The normalized spacial score (nSPS) is 12.6. The number of nitrogens with two attached hydrogens (primary N) is 1. The van der Waals surface area contributed by atoms with Gasteiger partial charge in [0, 0.05) is 16.8 Å². The van der Waals surface area contributed by atoms with E-state index in [2.05, 4.69) is 25.2 Å². The first kappa shape index (κ1) is 13.2. The van der Waals surface area contributed by atoms with Crippen LogP contribution < -0.4 is 11.1 Å². The highest BCUT2D eigenvalue weighted by atomic mass is 32.1. The third-order valence-corrected chi connectivity index (χ3v) is 3.70. The smallest absolute Gasteiger partial charge is 0.239 e. The van der Waals surface area contributed by atoms with E-state index in [0.29, 0.717) is 6.54 Å². The molecule has 4 heteroatoms. The molecule has 90 valence electrons. The Kier molecular flexibility index (Phi) is 3.76. The summed E-state index contributed by atoms with van der Waals surface area (Å²) in [5.74, 6) is -0.114. The molecular weight excluding hydrogens is 220 g/mol. The zero-order valence-electron chi connectivity index (χ0n) is 10.3. The van der Waals surface area contributed by atoms with Crippen LogP contribution in [0.15, 0.2) is 17.5 Å². The molecule has 0 unspecified atom stereocenters. The van der Waals surface area contributed by atoms with Gasteiger partial charge in [-0.2, -0.15) is 0 Å². The van der Waals surface area contributed by atoms with Crippen LogP contribution in [0.2, 0.25) is 0 Å². The summed E-state index contributed by atoms with van der Waals surface area (Å²) < 4.78 is 0. The van der Waals surface area contributed by atoms with Gasteiger partial charge in [0.1, 0.15) is 0 Å². The summed E-state index contributed by atoms with van der Waals surface area (Å²) >= 11 is 1.71. The van der Waals surface area contributed by atoms with Crippen LogP contribution in [0.3, 0.4) is 0 Å². The summed E-state index contributed by atoms with van der Waals surface area (Å²) in [5, 5.41) is 4.94. The fourth-order valence-corrected chi connectivity index (χ4v) is 2.13. The summed E-state index contributed by atoms with van der Waals surface area (Å²) in [6.07, 6.45) is 0. The number of rotatable bonds is 4. The Morgan fingerprint density at radius 3 is 2.50 bits per heavy atom. The molecule has 0 radical (unpaired) electrons. The molecular formula is C12H20N2OS. The molecule has 1 aromatic rings. The molecule has 1 amide bonds. The van der Waals surface area contributed by atoms with Gasteiger partial charge < -0.3 is 11.1 Å². The lowest BCUT2D eigenvalue weighted by Crippen LogP contribution is -2.51. The molecule has 0 aliphatic heterocycles. The van der Waals surface area contributed by atoms with Crippen molar-refractivity contribution in [2.24, 2.45) is 5.73 Å². The van der Waals surface area contributed by atoms with E-state index in [1.54, 1.807) is 25.2 Å². The molecule has 16 heavy (non-hydrogen) atoms. The van der Waals surface area contributed by atoms with Crippen LogP contribution >= 0.6 is 11.3 Å². The van der Waals surface area contributed by atoms with E-state index in [1.807, 2.05) is 11.4 Å². The molecule has 0 spiro atoms. The average Bonchev–Trinajstić information content (AvgIpc) is 2.65. The zero-order valence-corrected chi connectivity index (χ0v) is 11.1. The molecule has 0 saturated carbocycles. The van der Waals surface area contributed by atoms with Crippen molar-refractivity contribution in [1.82, 2.24) is 5.32 Å². The molecule has 0 bridgehead atoms. The average molecular weight is 240 g/mol. The third-order valence-electron chi connectivity index (χ3n) is 2.46. The molecule has 0 fully saturated rings. The van der Waals surface area contributed by atoms with E-state index in [9.17, 15) is 4.79 Å². The summed E-state index contributed by atoms with van der Waals surface area (Å²) in [6.45, 7) is 8.25. The van der Waals surface area contributed by atoms with Crippen molar-refractivity contribution < 1.29 is 4.79 Å². The Balaban J connectivity index is 2.59. The minimum absolute atomic E-state index is 0.0466. The van der Waals surface area contributed by atoms with Crippen LogP contribution in [-0.2, 0) is 10.2 Å². The first-order valence-corrected chi connectivity index (χ1v) is 6.22. The lowest BCUT2D eigenvalue weighted by atomic mass is 9.91. The number of carbonyl (C=O) groups is 1. The Bertz CT molecular complexity index is 350. The van der Waals surface area contributed by atoms with Crippen molar-refractivity contribution >= 4 is 17.2 Å². The quantitative estimate of drug-likeness (QED) is 0.844. The van der Waals surface area contributed by atoms with Crippen molar-refractivity contribution in [3.63, 3.8) is 0 Å². The second kappa shape index (κ2) is 4.55. The van der Waals surface area contributed by atoms with Gasteiger partial charge in [-0.1, -0.05) is 19.9 Å². The largest absolute Gasteiger partial charge is 0.354 e. The number of amides is 1. The molecule has 0 aromatic carbocycles. The molecule has 1 heterocycles. The van der Waals surface area contributed by atoms with Crippen molar-refractivity contribution in [2.45, 2.75) is 38.6 Å². The Morgan fingerprint density at radius 1 is 1.44 bits per heavy atom. The highest BCUT2D eigenvalue weighted by Gasteiger charge is 2.26. The van der Waals surface area contributed by atoms with Crippen molar-refractivity contribution in [2.75, 3.05) is 6.54 Å². The van der Waals surface area contributed by atoms with Gasteiger partial charge in [-0.05, 0) is 25.3 Å². The molecule has 0 aliphatic rings. The van der Waals surface area contributed by atoms with Crippen molar-refractivity contribution in [1.29, 1.82) is 0 Å². The van der Waals surface area contributed by atoms with E-state index >= 15 is 0 Å². The SMILES string of the molecule is CC(C)(N)C(=O)NCC(C)(C)c1cccs1. The Morgan fingerprint density at radius 2 is 2.06 bits per heavy atom. The van der Waals surface area contributed by atoms with Gasteiger partial charge in [0.25, 0.3) is 0 Å².